The van der Waals surface area contributed by atoms with Crippen LogP contribution in [0.15, 0.2) is 24.3 Å². The molecule has 1 aliphatic carbocycles. The molecule has 1 saturated carbocycles. The molecule has 0 spiro atoms. The molecule has 2 unspecified atom stereocenters. The number of nitrogens with one attached hydrogen (secondary N) is 1. The van der Waals surface area contributed by atoms with Crippen molar-refractivity contribution in [1.29, 1.82) is 0 Å². The first-order valence-corrected chi connectivity index (χ1v) is 8.52. The number of benzene rings is 1. The van der Waals surface area contributed by atoms with Gasteiger partial charge in [-0.1, -0.05) is 17.7 Å². The number of hydrogen-bond acceptors (Lipinski definition) is 3. The highest BCUT2D eigenvalue weighted by Gasteiger charge is 2.35. The first-order valence-electron chi connectivity index (χ1n) is 8.15. The van der Waals surface area contributed by atoms with E-state index in [2.05, 4.69) is 17.4 Å². The molecule has 3 nitrogen and oxygen atoms in total. The molecule has 4 heteroatoms. The summed E-state index contributed by atoms with van der Waals surface area (Å²) in [6.45, 7) is 2.89. The van der Waals surface area contributed by atoms with Crippen LogP contribution in [0.3, 0.4) is 0 Å². The summed E-state index contributed by atoms with van der Waals surface area (Å²) < 4.78 is 5.90. The maximum atomic E-state index is 6.22. The number of anilines is 1. The minimum atomic E-state index is 0.447. The van der Waals surface area contributed by atoms with Crippen LogP contribution in [0.1, 0.15) is 31.2 Å². The second kappa shape index (κ2) is 5.71. The monoisotopic (exact) mass is 316 g/mol. The van der Waals surface area contributed by atoms with Crippen molar-refractivity contribution in [1.82, 2.24) is 4.98 Å². The number of ether oxygens (including phenoxy) is 1. The Morgan fingerprint density at radius 3 is 2.82 bits per heavy atom. The van der Waals surface area contributed by atoms with Crippen molar-refractivity contribution in [3.8, 4) is 0 Å². The zero-order chi connectivity index (χ0) is 15.1. The van der Waals surface area contributed by atoms with Crippen LogP contribution >= 0.6 is 11.6 Å². The fourth-order valence-corrected chi connectivity index (χ4v) is 3.50. The van der Waals surface area contributed by atoms with E-state index in [1.807, 2.05) is 19.1 Å². The first kappa shape index (κ1) is 14.3. The number of nitrogens with zero attached hydrogens (tertiary/aromatic N) is 1. The molecule has 2 aromatic rings. The molecule has 4 rings (SSSR count). The van der Waals surface area contributed by atoms with Gasteiger partial charge in [0.25, 0.3) is 0 Å². The van der Waals surface area contributed by atoms with Gasteiger partial charge in [0.1, 0.15) is 5.82 Å². The van der Waals surface area contributed by atoms with Crippen LogP contribution in [0, 0.1) is 12.8 Å². The summed E-state index contributed by atoms with van der Waals surface area (Å²) in [4.78, 5) is 4.78. The lowest BCUT2D eigenvalue weighted by Crippen LogP contribution is -2.35. The van der Waals surface area contributed by atoms with Gasteiger partial charge in [0.15, 0.2) is 0 Å². The maximum absolute atomic E-state index is 6.22. The molecule has 1 aromatic carbocycles. The van der Waals surface area contributed by atoms with Crippen LogP contribution in [-0.2, 0) is 4.74 Å². The van der Waals surface area contributed by atoms with Gasteiger partial charge in [-0.05, 0) is 62.3 Å². The maximum Gasteiger partial charge on any atom is 0.126 e. The molecular formula is C18H21ClN2O. The topological polar surface area (TPSA) is 34.1 Å². The van der Waals surface area contributed by atoms with Gasteiger partial charge in [0.05, 0.1) is 11.6 Å². The molecule has 1 aliphatic heterocycles. The van der Waals surface area contributed by atoms with E-state index in [1.54, 1.807) is 0 Å². The second-order valence-corrected chi connectivity index (χ2v) is 6.96. The zero-order valence-electron chi connectivity index (χ0n) is 12.8. The van der Waals surface area contributed by atoms with E-state index in [0.29, 0.717) is 12.1 Å². The Kier molecular flexibility index (Phi) is 3.71. The molecule has 2 heterocycles. The van der Waals surface area contributed by atoms with Crippen LogP contribution in [0.4, 0.5) is 5.82 Å². The number of aromatic nitrogens is 1. The summed E-state index contributed by atoms with van der Waals surface area (Å²) in [5.41, 5.74) is 2.04. The van der Waals surface area contributed by atoms with Crippen molar-refractivity contribution in [3.63, 3.8) is 0 Å². The highest BCUT2D eigenvalue weighted by atomic mass is 35.5. The lowest BCUT2D eigenvalue weighted by Gasteiger charge is -2.30. The number of pyridine rings is 1. The highest BCUT2D eigenvalue weighted by molar-refractivity contribution is 6.32. The molecule has 1 N–H and O–H groups in total. The lowest BCUT2D eigenvalue weighted by atomic mass is 10.00. The number of aryl methyl sites for hydroxylation is 1. The molecule has 0 amide bonds. The van der Waals surface area contributed by atoms with Crippen molar-refractivity contribution >= 4 is 28.3 Å². The minimum absolute atomic E-state index is 0.447. The van der Waals surface area contributed by atoms with Gasteiger partial charge in [-0.3, -0.25) is 0 Å². The van der Waals surface area contributed by atoms with Crippen LogP contribution in [-0.4, -0.2) is 23.7 Å². The number of rotatable bonds is 3. The Hall–Kier alpha value is -1.32. The molecule has 1 aromatic heterocycles. The predicted octanol–water partition coefficient (Wildman–Crippen LogP) is 4.57. The van der Waals surface area contributed by atoms with E-state index in [9.17, 15) is 0 Å². The van der Waals surface area contributed by atoms with Crippen molar-refractivity contribution in [2.75, 3.05) is 11.9 Å². The average molecular weight is 317 g/mol. The van der Waals surface area contributed by atoms with E-state index in [0.717, 1.165) is 52.7 Å². The zero-order valence-corrected chi connectivity index (χ0v) is 13.6. The molecule has 0 bridgehead atoms. The van der Waals surface area contributed by atoms with Gasteiger partial charge < -0.3 is 10.1 Å². The second-order valence-electron chi connectivity index (χ2n) is 6.55. The Labute approximate surface area is 136 Å². The van der Waals surface area contributed by atoms with Crippen molar-refractivity contribution in [2.24, 2.45) is 5.92 Å². The van der Waals surface area contributed by atoms with E-state index < -0.39 is 0 Å². The first-order chi connectivity index (χ1) is 10.7. The van der Waals surface area contributed by atoms with E-state index in [4.69, 9.17) is 21.3 Å². The summed E-state index contributed by atoms with van der Waals surface area (Å²) in [7, 11) is 0. The largest absolute Gasteiger partial charge is 0.378 e. The van der Waals surface area contributed by atoms with Gasteiger partial charge in [-0.2, -0.15) is 0 Å². The highest BCUT2D eigenvalue weighted by Crippen LogP contribution is 2.38. The van der Waals surface area contributed by atoms with Gasteiger partial charge in [0, 0.05) is 23.1 Å². The van der Waals surface area contributed by atoms with Crippen molar-refractivity contribution in [3.05, 3.63) is 34.9 Å². The summed E-state index contributed by atoms with van der Waals surface area (Å²) in [6.07, 6.45) is 5.27. The molecule has 2 aliphatic rings. The fourth-order valence-electron chi connectivity index (χ4n) is 3.35. The van der Waals surface area contributed by atoms with Crippen LogP contribution in [0.25, 0.3) is 10.9 Å². The Morgan fingerprint density at radius 2 is 2.00 bits per heavy atom. The third-order valence-corrected chi connectivity index (χ3v) is 5.27. The molecule has 2 fully saturated rings. The number of halogens is 1. The minimum Gasteiger partial charge on any atom is -0.378 e. The van der Waals surface area contributed by atoms with Crippen LogP contribution in [0.2, 0.25) is 5.02 Å². The molecular weight excluding hydrogens is 296 g/mol. The van der Waals surface area contributed by atoms with Gasteiger partial charge in [0.2, 0.25) is 0 Å². The number of fused-ring (bicyclic) bond motifs is 1. The predicted molar refractivity (Wildman–Crippen MR) is 90.6 cm³/mol. The van der Waals surface area contributed by atoms with Crippen molar-refractivity contribution in [2.45, 2.75) is 44.8 Å². The van der Waals surface area contributed by atoms with Crippen molar-refractivity contribution < 1.29 is 4.74 Å². The quantitative estimate of drug-likeness (QED) is 0.901. The third kappa shape index (κ3) is 2.80. The summed E-state index contributed by atoms with van der Waals surface area (Å²) in [5.74, 6) is 1.74. The van der Waals surface area contributed by atoms with Gasteiger partial charge >= 0.3 is 0 Å². The average Bonchev–Trinajstić information content (AvgIpc) is 3.37. The van der Waals surface area contributed by atoms with Crippen LogP contribution < -0.4 is 5.32 Å². The van der Waals surface area contributed by atoms with Crippen LogP contribution in [0.5, 0.6) is 0 Å². The van der Waals surface area contributed by atoms with E-state index in [1.165, 1.54) is 12.8 Å². The third-order valence-electron chi connectivity index (χ3n) is 4.86. The summed E-state index contributed by atoms with van der Waals surface area (Å²) in [6, 6.07) is 8.61. The summed E-state index contributed by atoms with van der Waals surface area (Å²) >= 11 is 6.22. The van der Waals surface area contributed by atoms with E-state index >= 15 is 0 Å². The fraction of sp³-hybridized carbons (Fsp3) is 0.500. The smallest absolute Gasteiger partial charge is 0.126 e. The Morgan fingerprint density at radius 1 is 1.18 bits per heavy atom. The van der Waals surface area contributed by atoms with Gasteiger partial charge in [-0.25, -0.2) is 4.98 Å². The number of hydrogen-bond donors (Lipinski definition) is 1. The summed E-state index contributed by atoms with van der Waals surface area (Å²) in [5, 5.41) is 5.51. The lowest BCUT2D eigenvalue weighted by molar-refractivity contribution is -0.00222. The Bertz CT molecular complexity index is 699. The molecule has 116 valence electrons. The van der Waals surface area contributed by atoms with E-state index in [-0.39, 0.29) is 0 Å². The molecule has 0 radical (unpaired) electrons. The van der Waals surface area contributed by atoms with Gasteiger partial charge in [-0.15, -0.1) is 0 Å². The molecule has 2 atom stereocenters. The Balaban J connectivity index is 1.54. The molecule has 22 heavy (non-hydrogen) atoms. The molecule has 1 saturated heterocycles. The normalized spacial score (nSPS) is 25.4. The SMILES string of the molecule is Cc1c(Cl)ccc2ccc(NC3CCOC(C4CC4)C3)nc12. The standard InChI is InChI=1S/C18H21ClN2O/c1-11-15(19)6-4-13-5-7-17(21-18(11)13)20-14-8-9-22-16(10-14)12-2-3-12/h4-7,12,14,16H,2-3,8-10H2,1H3,(H,20,21).